The molecule has 2 aromatic rings. The fourth-order valence-corrected chi connectivity index (χ4v) is 1.42. The van der Waals surface area contributed by atoms with Gasteiger partial charge in [-0.05, 0) is 6.42 Å². The molecule has 12 heavy (non-hydrogen) atoms. The van der Waals surface area contributed by atoms with Crippen LogP contribution in [-0.4, -0.2) is 0 Å². The molecule has 0 saturated heterocycles. The third kappa shape index (κ3) is 1.71. The van der Waals surface area contributed by atoms with Gasteiger partial charge in [-0.15, -0.1) is 40.6 Å². The van der Waals surface area contributed by atoms with E-state index >= 15 is 0 Å². The van der Waals surface area contributed by atoms with Crippen LogP contribution in [0.1, 0.15) is 12.5 Å². The molecule has 0 aliphatic heterocycles. The monoisotopic (exact) mass is 323 g/mol. The Bertz CT molecular complexity index is 327. The molecular formula is C11H11Hf-. The van der Waals surface area contributed by atoms with Crippen LogP contribution in [0.15, 0.2) is 36.4 Å². The molecule has 0 atom stereocenters. The van der Waals surface area contributed by atoms with Gasteiger partial charge in [0.2, 0.25) is 0 Å². The molecule has 0 aromatic heterocycles. The Morgan fingerprint density at radius 1 is 1.25 bits per heavy atom. The van der Waals surface area contributed by atoms with E-state index in [1.165, 1.54) is 16.3 Å². The molecule has 0 heterocycles. The zero-order valence-electron chi connectivity index (χ0n) is 7.17. The van der Waals surface area contributed by atoms with Crippen molar-refractivity contribution in [2.75, 3.05) is 0 Å². The Balaban J connectivity index is 0.000000720. The fourth-order valence-electron chi connectivity index (χ4n) is 1.42. The van der Waals surface area contributed by atoms with Crippen LogP contribution >= 0.6 is 0 Å². The second-order valence-corrected chi connectivity index (χ2v) is 2.85. The molecule has 0 spiro atoms. The quantitative estimate of drug-likeness (QED) is 0.559. The van der Waals surface area contributed by atoms with E-state index in [2.05, 4.69) is 43.3 Å². The van der Waals surface area contributed by atoms with Crippen LogP contribution in [0.25, 0.3) is 10.8 Å². The van der Waals surface area contributed by atoms with Gasteiger partial charge in [0.15, 0.2) is 0 Å². The summed E-state index contributed by atoms with van der Waals surface area (Å²) in [5.74, 6) is 0. The molecule has 60 valence electrons. The number of hydrogen-bond acceptors (Lipinski definition) is 0. The van der Waals surface area contributed by atoms with Gasteiger partial charge in [-0.3, -0.25) is 0 Å². The first-order valence-corrected chi connectivity index (χ1v) is 4.04. The SMILES string of the molecule is CCc1cc2ccccc2[cH-]1.[Hf]. The molecule has 0 radical (unpaired) electrons. The average Bonchev–Trinajstić information content (AvgIpc) is 2.46. The standard InChI is InChI=1S/C11H11.Hf/c1-2-9-7-10-5-3-4-6-11(10)8-9;/h3-8H,2H2,1H3;/q-1;. The van der Waals surface area contributed by atoms with Crippen molar-refractivity contribution in [1.29, 1.82) is 0 Å². The second kappa shape index (κ2) is 4.08. The van der Waals surface area contributed by atoms with Crippen LogP contribution < -0.4 is 0 Å². The summed E-state index contributed by atoms with van der Waals surface area (Å²) in [6.45, 7) is 2.19. The Hall–Kier alpha value is -0.300. The third-order valence-electron chi connectivity index (χ3n) is 2.09. The molecular weight excluding hydrogens is 311 g/mol. The normalized spacial score (nSPS) is 9.75. The van der Waals surface area contributed by atoms with E-state index in [1.54, 1.807) is 0 Å². The van der Waals surface area contributed by atoms with Gasteiger partial charge in [0.05, 0.1) is 0 Å². The maximum Gasteiger partial charge on any atom is 0 e. The molecule has 1 heteroatoms. The summed E-state index contributed by atoms with van der Waals surface area (Å²) >= 11 is 0. The largest absolute Gasteiger partial charge is 0.165 e. The minimum atomic E-state index is 0. The van der Waals surface area contributed by atoms with Gasteiger partial charge >= 0.3 is 0 Å². The van der Waals surface area contributed by atoms with Crippen LogP contribution in [-0.2, 0) is 32.3 Å². The van der Waals surface area contributed by atoms with Crippen LogP contribution in [0.2, 0.25) is 0 Å². The molecule has 2 aromatic carbocycles. The van der Waals surface area contributed by atoms with Crippen molar-refractivity contribution < 1.29 is 25.8 Å². The predicted molar refractivity (Wildman–Crippen MR) is 48.9 cm³/mol. The molecule has 0 saturated carbocycles. The van der Waals surface area contributed by atoms with Crippen LogP contribution in [0.3, 0.4) is 0 Å². The second-order valence-electron chi connectivity index (χ2n) is 2.85. The predicted octanol–water partition coefficient (Wildman–Crippen LogP) is 3.12. The van der Waals surface area contributed by atoms with E-state index in [-0.39, 0.29) is 25.8 Å². The van der Waals surface area contributed by atoms with Gasteiger partial charge in [0.25, 0.3) is 0 Å². The topological polar surface area (TPSA) is 0 Å². The number of aryl methyl sites for hydroxylation is 1. The number of hydrogen-bond donors (Lipinski definition) is 0. The summed E-state index contributed by atoms with van der Waals surface area (Å²) < 4.78 is 0. The summed E-state index contributed by atoms with van der Waals surface area (Å²) in [6.07, 6.45) is 1.13. The molecule has 0 aliphatic rings. The summed E-state index contributed by atoms with van der Waals surface area (Å²) in [7, 11) is 0. The Morgan fingerprint density at radius 2 is 2.00 bits per heavy atom. The number of fused-ring (bicyclic) bond motifs is 1. The number of rotatable bonds is 1. The molecule has 0 amide bonds. The van der Waals surface area contributed by atoms with Gasteiger partial charge in [-0.1, -0.05) is 13.0 Å². The molecule has 0 unspecified atom stereocenters. The van der Waals surface area contributed by atoms with Gasteiger partial charge in [0.1, 0.15) is 0 Å². The minimum absolute atomic E-state index is 0. The van der Waals surface area contributed by atoms with Gasteiger partial charge in [-0.2, -0.15) is 6.07 Å². The Labute approximate surface area is 91.7 Å². The zero-order chi connectivity index (χ0) is 7.68. The first kappa shape index (κ1) is 9.79. The van der Waals surface area contributed by atoms with E-state index in [0.29, 0.717) is 0 Å². The smallest absolute Gasteiger partial charge is 0 e. The molecule has 0 bridgehead atoms. The van der Waals surface area contributed by atoms with Crippen molar-refractivity contribution in [3.05, 3.63) is 42.0 Å². The van der Waals surface area contributed by atoms with Crippen molar-refractivity contribution in [1.82, 2.24) is 0 Å². The van der Waals surface area contributed by atoms with Gasteiger partial charge in [-0.25, -0.2) is 0 Å². The maximum absolute atomic E-state index is 2.26. The zero-order valence-corrected chi connectivity index (χ0v) is 10.8. The summed E-state index contributed by atoms with van der Waals surface area (Å²) in [5.41, 5.74) is 1.44. The van der Waals surface area contributed by atoms with Crippen LogP contribution in [0.5, 0.6) is 0 Å². The maximum atomic E-state index is 2.26. The summed E-state index contributed by atoms with van der Waals surface area (Å²) in [6, 6.07) is 13.0. The average molecular weight is 322 g/mol. The van der Waals surface area contributed by atoms with E-state index < -0.39 is 0 Å². The summed E-state index contributed by atoms with van der Waals surface area (Å²) in [5, 5.41) is 2.73. The van der Waals surface area contributed by atoms with Crippen molar-refractivity contribution >= 4 is 10.8 Å². The van der Waals surface area contributed by atoms with E-state index in [4.69, 9.17) is 0 Å². The van der Waals surface area contributed by atoms with Gasteiger partial charge < -0.3 is 0 Å². The number of benzene rings is 1. The van der Waals surface area contributed by atoms with Crippen molar-refractivity contribution in [3.8, 4) is 0 Å². The first-order chi connectivity index (χ1) is 5.40. The molecule has 0 N–H and O–H groups in total. The Kier molecular flexibility index (Phi) is 3.33. The minimum Gasteiger partial charge on any atom is -0.165 e. The summed E-state index contributed by atoms with van der Waals surface area (Å²) in [4.78, 5) is 0. The van der Waals surface area contributed by atoms with Crippen LogP contribution in [0, 0.1) is 0 Å². The van der Waals surface area contributed by atoms with E-state index in [9.17, 15) is 0 Å². The fraction of sp³-hybridized carbons (Fsp3) is 0.182. The molecule has 0 fully saturated rings. The van der Waals surface area contributed by atoms with E-state index in [0.717, 1.165) is 6.42 Å². The third-order valence-corrected chi connectivity index (χ3v) is 2.09. The Morgan fingerprint density at radius 3 is 2.67 bits per heavy atom. The van der Waals surface area contributed by atoms with Gasteiger partial charge in [0, 0.05) is 25.8 Å². The van der Waals surface area contributed by atoms with Crippen LogP contribution in [0.4, 0.5) is 0 Å². The van der Waals surface area contributed by atoms with Crippen molar-refractivity contribution in [2.45, 2.75) is 13.3 Å². The van der Waals surface area contributed by atoms with Crippen molar-refractivity contribution in [3.63, 3.8) is 0 Å². The molecule has 0 aliphatic carbocycles. The molecule has 0 nitrogen and oxygen atoms in total. The first-order valence-electron chi connectivity index (χ1n) is 4.04. The molecule has 2 rings (SSSR count). The van der Waals surface area contributed by atoms with E-state index in [1.807, 2.05) is 0 Å². The van der Waals surface area contributed by atoms with Crippen molar-refractivity contribution in [2.24, 2.45) is 0 Å².